The molecule has 8 nitrogen and oxygen atoms in total. The highest BCUT2D eigenvalue weighted by molar-refractivity contribution is 7.84. The Balaban J connectivity index is 1.49. The van der Waals surface area contributed by atoms with Crippen LogP contribution in [-0.2, 0) is 15.6 Å². The first kappa shape index (κ1) is 18.4. The van der Waals surface area contributed by atoms with Gasteiger partial charge in [-0.3, -0.25) is 9.00 Å². The van der Waals surface area contributed by atoms with Crippen LogP contribution in [0.5, 0.6) is 0 Å². The van der Waals surface area contributed by atoms with E-state index in [0.717, 1.165) is 42.9 Å². The average molecular weight is 398 g/mol. The van der Waals surface area contributed by atoms with E-state index in [1.165, 1.54) is 0 Å². The van der Waals surface area contributed by atoms with Crippen molar-refractivity contribution < 1.29 is 9.00 Å². The van der Waals surface area contributed by atoms with Crippen LogP contribution >= 0.6 is 0 Å². The minimum absolute atomic E-state index is 0.130. The largest absolute Gasteiger partial charge is 0.368 e. The smallest absolute Gasteiger partial charge is 0.230 e. The van der Waals surface area contributed by atoms with E-state index in [1.807, 2.05) is 35.2 Å². The molecule has 3 aromatic rings. The zero-order valence-electron chi connectivity index (χ0n) is 15.8. The minimum Gasteiger partial charge on any atom is -0.368 e. The highest BCUT2D eigenvalue weighted by Crippen LogP contribution is 2.23. The average Bonchev–Trinajstić information content (AvgIpc) is 3.16. The van der Waals surface area contributed by atoms with E-state index in [2.05, 4.69) is 25.2 Å². The Morgan fingerprint density at radius 2 is 1.82 bits per heavy atom. The predicted octanol–water partition coefficient (Wildman–Crippen LogP) is 2.11. The van der Waals surface area contributed by atoms with Gasteiger partial charge in [-0.15, -0.1) is 0 Å². The quantitative estimate of drug-likeness (QED) is 0.654. The molecular formula is C19H22N6O2S. The molecule has 1 aliphatic heterocycles. The summed E-state index contributed by atoms with van der Waals surface area (Å²) in [4.78, 5) is 27.5. The van der Waals surface area contributed by atoms with Gasteiger partial charge in [-0.2, -0.15) is 4.98 Å². The standard InChI is InChI=1S/C19H22N6O2S/c1-13(26)24-9-11-25(12-10-24)15-5-3-14(4-6-15)21-19-22-17-16(7-8-20-17)18(23-19)28(2)27/h3-8H,9-12H2,1-2H3,(H2,20,21,22,23). The van der Waals surface area contributed by atoms with Gasteiger partial charge in [0.25, 0.3) is 0 Å². The summed E-state index contributed by atoms with van der Waals surface area (Å²) in [6, 6.07) is 9.85. The molecule has 3 heterocycles. The Bertz CT molecular complexity index is 1020. The maximum atomic E-state index is 12.0. The number of nitrogens with zero attached hydrogens (tertiary/aromatic N) is 4. The van der Waals surface area contributed by atoms with Gasteiger partial charge in [-0.05, 0) is 30.3 Å². The van der Waals surface area contributed by atoms with Crippen LogP contribution in [0.4, 0.5) is 17.3 Å². The lowest BCUT2D eigenvalue weighted by Crippen LogP contribution is -2.48. The molecule has 1 atom stereocenters. The van der Waals surface area contributed by atoms with Crippen LogP contribution in [0.1, 0.15) is 6.92 Å². The van der Waals surface area contributed by atoms with Gasteiger partial charge in [-0.25, -0.2) is 4.98 Å². The van der Waals surface area contributed by atoms with Crippen molar-refractivity contribution in [2.24, 2.45) is 0 Å². The molecule has 1 amide bonds. The van der Waals surface area contributed by atoms with Crippen molar-refractivity contribution in [3.8, 4) is 0 Å². The summed E-state index contributed by atoms with van der Waals surface area (Å²) >= 11 is 0. The SMILES string of the molecule is CC(=O)N1CCN(c2ccc(Nc3nc(S(C)=O)c4cc[nH]c4n3)cc2)CC1. The van der Waals surface area contributed by atoms with Gasteiger partial charge in [0.1, 0.15) is 10.7 Å². The Morgan fingerprint density at radius 3 is 2.46 bits per heavy atom. The van der Waals surface area contributed by atoms with Gasteiger partial charge >= 0.3 is 0 Å². The first-order chi connectivity index (χ1) is 13.5. The van der Waals surface area contributed by atoms with Crippen molar-refractivity contribution in [2.75, 3.05) is 42.7 Å². The number of amides is 1. The molecular weight excluding hydrogens is 376 g/mol. The van der Waals surface area contributed by atoms with Gasteiger partial charge in [0.2, 0.25) is 11.9 Å². The van der Waals surface area contributed by atoms with Crippen LogP contribution in [0.3, 0.4) is 0 Å². The fourth-order valence-corrected chi connectivity index (χ4v) is 4.04. The lowest BCUT2D eigenvalue weighted by atomic mass is 10.2. The van der Waals surface area contributed by atoms with Crippen molar-refractivity contribution in [3.05, 3.63) is 36.5 Å². The van der Waals surface area contributed by atoms with E-state index < -0.39 is 10.8 Å². The molecule has 0 bridgehead atoms. The number of anilines is 3. The third-order valence-electron chi connectivity index (χ3n) is 4.87. The summed E-state index contributed by atoms with van der Waals surface area (Å²) in [5, 5.41) is 4.46. The molecule has 0 spiro atoms. The number of aromatic amines is 1. The number of hydrogen-bond donors (Lipinski definition) is 2. The molecule has 0 saturated carbocycles. The van der Waals surface area contributed by atoms with Gasteiger partial charge < -0.3 is 20.1 Å². The van der Waals surface area contributed by atoms with Gasteiger partial charge in [-0.1, -0.05) is 0 Å². The Labute approximate surface area is 165 Å². The maximum Gasteiger partial charge on any atom is 0.230 e. The zero-order valence-corrected chi connectivity index (χ0v) is 16.6. The third-order valence-corrected chi connectivity index (χ3v) is 5.72. The molecule has 0 aliphatic carbocycles. The number of H-pyrrole nitrogens is 1. The molecule has 1 saturated heterocycles. The summed E-state index contributed by atoms with van der Waals surface area (Å²) in [5.74, 6) is 0.536. The van der Waals surface area contributed by atoms with E-state index in [1.54, 1.807) is 19.4 Å². The second-order valence-corrected chi connectivity index (χ2v) is 8.01. The van der Waals surface area contributed by atoms with Crippen LogP contribution in [0.15, 0.2) is 41.6 Å². The molecule has 0 radical (unpaired) electrons. The Morgan fingerprint density at radius 1 is 1.11 bits per heavy atom. The summed E-state index contributed by atoms with van der Waals surface area (Å²) in [6.07, 6.45) is 3.37. The number of piperazine rings is 1. The van der Waals surface area contributed by atoms with Crippen molar-refractivity contribution in [1.29, 1.82) is 0 Å². The van der Waals surface area contributed by atoms with Gasteiger partial charge in [0, 0.05) is 56.9 Å². The van der Waals surface area contributed by atoms with Crippen molar-refractivity contribution in [1.82, 2.24) is 19.9 Å². The van der Waals surface area contributed by atoms with E-state index in [9.17, 15) is 9.00 Å². The molecule has 9 heteroatoms. The maximum absolute atomic E-state index is 12.0. The summed E-state index contributed by atoms with van der Waals surface area (Å²) < 4.78 is 12.0. The number of nitrogens with one attached hydrogen (secondary N) is 2. The number of carbonyl (C=O) groups excluding carboxylic acids is 1. The van der Waals surface area contributed by atoms with Crippen LogP contribution < -0.4 is 10.2 Å². The zero-order chi connectivity index (χ0) is 19.7. The number of benzene rings is 1. The second kappa shape index (κ2) is 7.59. The van der Waals surface area contributed by atoms with Crippen LogP contribution in [0, 0.1) is 0 Å². The van der Waals surface area contributed by atoms with Crippen molar-refractivity contribution in [2.45, 2.75) is 11.9 Å². The van der Waals surface area contributed by atoms with Gasteiger partial charge in [0.15, 0.2) is 0 Å². The van der Waals surface area contributed by atoms with Crippen LogP contribution in [0.25, 0.3) is 11.0 Å². The van der Waals surface area contributed by atoms with Crippen LogP contribution in [0.2, 0.25) is 0 Å². The van der Waals surface area contributed by atoms with E-state index >= 15 is 0 Å². The monoisotopic (exact) mass is 398 g/mol. The first-order valence-corrected chi connectivity index (χ1v) is 10.6. The predicted molar refractivity (Wildman–Crippen MR) is 110 cm³/mol. The van der Waals surface area contributed by atoms with E-state index in [0.29, 0.717) is 16.6 Å². The first-order valence-electron chi connectivity index (χ1n) is 9.07. The fraction of sp³-hybridized carbons (Fsp3) is 0.316. The summed E-state index contributed by atoms with van der Waals surface area (Å²) in [7, 11) is -1.21. The van der Waals surface area contributed by atoms with Crippen molar-refractivity contribution in [3.63, 3.8) is 0 Å². The summed E-state index contributed by atoms with van der Waals surface area (Å²) in [5.41, 5.74) is 2.62. The van der Waals surface area contributed by atoms with E-state index in [4.69, 9.17) is 0 Å². The normalized spacial score (nSPS) is 15.6. The highest BCUT2D eigenvalue weighted by atomic mass is 32.2. The lowest BCUT2D eigenvalue weighted by molar-refractivity contribution is -0.129. The van der Waals surface area contributed by atoms with Gasteiger partial charge in [0.05, 0.1) is 16.2 Å². The summed E-state index contributed by atoms with van der Waals surface area (Å²) in [6.45, 7) is 4.75. The topological polar surface area (TPSA) is 94.2 Å². The Hall–Kier alpha value is -2.94. The molecule has 2 aromatic heterocycles. The molecule has 146 valence electrons. The fourth-order valence-electron chi connectivity index (χ4n) is 3.35. The molecule has 1 fully saturated rings. The number of aromatic nitrogens is 3. The number of rotatable bonds is 4. The van der Waals surface area contributed by atoms with Crippen molar-refractivity contribution >= 4 is 45.1 Å². The molecule has 28 heavy (non-hydrogen) atoms. The molecule has 1 aliphatic rings. The lowest BCUT2D eigenvalue weighted by Gasteiger charge is -2.35. The number of fused-ring (bicyclic) bond motifs is 1. The molecule has 4 rings (SSSR count). The van der Waals surface area contributed by atoms with E-state index in [-0.39, 0.29) is 5.91 Å². The van der Waals surface area contributed by atoms with Crippen LogP contribution in [-0.4, -0.2) is 62.4 Å². The minimum atomic E-state index is -1.21. The third kappa shape index (κ3) is 3.70. The molecule has 1 unspecified atom stereocenters. The Kier molecular flexibility index (Phi) is 4.99. The second-order valence-electron chi connectivity index (χ2n) is 6.71. The molecule has 2 N–H and O–H groups in total. The number of carbonyl (C=O) groups is 1. The highest BCUT2D eigenvalue weighted by Gasteiger charge is 2.18. The number of hydrogen-bond acceptors (Lipinski definition) is 6. The molecule has 1 aromatic carbocycles.